The molecule has 17 heavy (non-hydrogen) atoms. The molecule has 0 unspecified atom stereocenters. The number of fused-ring (bicyclic) bond motifs is 1. The third-order valence-electron chi connectivity index (χ3n) is 2.38. The first-order valence-corrected chi connectivity index (χ1v) is 5.68. The van der Waals surface area contributed by atoms with Crippen molar-refractivity contribution in [3.8, 4) is 0 Å². The van der Waals surface area contributed by atoms with Gasteiger partial charge in [-0.2, -0.15) is 0 Å². The summed E-state index contributed by atoms with van der Waals surface area (Å²) >= 11 is 0. The van der Waals surface area contributed by atoms with Gasteiger partial charge in [-0.1, -0.05) is 45.2 Å². The average Bonchev–Trinajstić information content (AvgIpc) is 2.41. The van der Waals surface area contributed by atoms with Gasteiger partial charge in [0.15, 0.2) is 5.43 Å². The van der Waals surface area contributed by atoms with Crippen LogP contribution >= 0.6 is 0 Å². The zero-order valence-corrected chi connectivity index (χ0v) is 10.3. The number of pyridine rings is 1. The molecule has 0 saturated carbocycles. The molecular formula is C15H19NO. The van der Waals surface area contributed by atoms with Gasteiger partial charge in [0.05, 0.1) is 0 Å². The van der Waals surface area contributed by atoms with Crippen LogP contribution < -0.4 is 5.43 Å². The molecule has 0 saturated heterocycles. The molecule has 0 bridgehead atoms. The molecule has 2 nitrogen and oxygen atoms in total. The van der Waals surface area contributed by atoms with E-state index >= 15 is 0 Å². The molecule has 2 aromatic rings. The molecule has 0 aliphatic heterocycles. The normalized spacial score (nSPS) is 9.29. The van der Waals surface area contributed by atoms with Gasteiger partial charge in [-0.3, -0.25) is 4.79 Å². The number of hydrogen-bond donors (Lipinski definition) is 1. The van der Waals surface area contributed by atoms with E-state index in [-0.39, 0.29) is 6.86 Å². The molecule has 1 heterocycles. The molecule has 2 heteroatoms. The second kappa shape index (κ2) is 5.85. The second-order valence-electron chi connectivity index (χ2n) is 3.24. The Hall–Kier alpha value is -2.09. The van der Waals surface area contributed by atoms with E-state index in [4.69, 9.17) is 0 Å². The number of aromatic amines is 1. The van der Waals surface area contributed by atoms with E-state index in [1.807, 2.05) is 32.0 Å². The topological polar surface area (TPSA) is 32.9 Å². The van der Waals surface area contributed by atoms with Crippen molar-refractivity contribution in [2.75, 3.05) is 0 Å². The van der Waals surface area contributed by atoms with Gasteiger partial charge in [0.2, 0.25) is 0 Å². The number of para-hydroxylation sites is 1. The van der Waals surface area contributed by atoms with Crippen LogP contribution in [0, 0.1) is 0 Å². The Labute approximate surface area is 103 Å². The number of H-pyrrole nitrogens is 1. The molecule has 1 N–H and O–H groups in total. The highest BCUT2D eigenvalue weighted by atomic mass is 16.1. The zero-order valence-electron chi connectivity index (χ0n) is 10.3. The second-order valence-corrected chi connectivity index (χ2v) is 3.24. The first kappa shape index (κ1) is 13.0. The maximum atomic E-state index is 12.0. The van der Waals surface area contributed by atoms with E-state index < -0.39 is 0 Å². The first-order chi connectivity index (χ1) is 8.27. The lowest BCUT2D eigenvalue weighted by molar-refractivity contribution is 1.33. The smallest absolute Gasteiger partial charge is 0.197 e. The predicted octanol–water partition coefficient (Wildman–Crippen LogP) is 4.09. The highest BCUT2D eigenvalue weighted by Gasteiger charge is 2.05. The SMILES string of the molecule is C=Cc1[nH]c2ccccc2c(=O)c1C=C.CC.[HH]. The summed E-state index contributed by atoms with van der Waals surface area (Å²) in [7, 11) is 0. The number of aromatic nitrogens is 1. The maximum absolute atomic E-state index is 12.0. The fourth-order valence-electron chi connectivity index (χ4n) is 1.63. The average molecular weight is 229 g/mol. The van der Waals surface area contributed by atoms with Gasteiger partial charge >= 0.3 is 0 Å². The van der Waals surface area contributed by atoms with Gasteiger partial charge in [0.25, 0.3) is 0 Å². The lowest BCUT2D eigenvalue weighted by Crippen LogP contribution is -2.09. The zero-order chi connectivity index (χ0) is 12.8. The Morgan fingerprint density at radius 2 is 1.82 bits per heavy atom. The van der Waals surface area contributed by atoms with Crippen LogP contribution in [0.4, 0.5) is 0 Å². The third-order valence-corrected chi connectivity index (χ3v) is 2.38. The summed E-state index contributed by atoms with van der Waals surface area (Å²) in [5.41, 5.74) is 2.11. The Kier molecular flexibility index (Phi) is 4.46. The molecule has 0 spiro atoms. The third kappa shape index (κ3) is 2.36. The molecule has 2 rings (SSSR count). The summed E-state index contributed by atoms with van der Waals surface area (Å²) in [6.45, 7) is 11.3. The van der Waals surface area contributed by atoms with Crippen molar-refractivity contribution in [1.29, 1.82) is 0 Å². The van der Waals surface area contributed by atoms with Crippen LogP contribution in [0.5, 0.6) is 0 Å². The van der Waals surface area contributed by atoms with Gasteiger partial charge in [0, 0.05) is 23.6 Å². The summed E-state index contributed by atoms with van der Waals surface area (Å²) in [6.07, 6.45) is 3.19. The van der Waals surface area contributed by atoms with Crippen molar-refractivity contribution in [1.82, 2.24) is 4.98 Å². The van der Waals surface area contributed by atoms with Crippen molar-refractivity contribution in [3.05, 3.63) is 58.9 Å². The molecule has 0 fully saturated rings. The van der Waals surface area contributed by atoms with Crippen LogP contribution in [-0.2, 0) is 0 Å². The lowest BCUT2D eigenvalue weighted by atomic mass is 10.1. The van der Waals surface area contributed by atoms with Crippen molar-refractivity contribution < 1.29 is 1.43 Å². The monoisotopic (exact) mass is 229 g/mol. The minimum absolute atomic E-state index is 0. The fourth-order valence-corrected chi connectivity index (χ4v) is 1.63. The van der Waals surface area contributed by atoms with Gasteiger partial charge in [-0.15, -0.1) is 0 Å². The predicted molar refractivity (Wildman–Crippen MR) is 78.2 cm³/mol. The summed E-state index contributed by atoms with van der Waals surface area (Å²) in [5.74, 6) is 0. The van der Waals surface area contributed by atoms with E-state index in [1.165, 1.54) is 0 Å². The van der Waals surface area contributed by atoms with Crippen LogP contribution in [0.15, 0.2) is 42.2 Å². The molecule has 0 atom stereocenters. The number of rotatable bonds is 2. The maximum Gasteiger partial charge on any atom is 0.197 e. The highest BCUT2D eigenvalue weighted by Crippen LogP contribution is 2.12. The quantitative estimate of drug-likeness (QED) is 0.826. The Bertz CT molecular complexity index is 599. The van der Waals surface area contributed by atoms with Crippen LogP contribution in [0.3, 0.4) is 0 Å². The van der Waals surface area contributed by atoms with E-state index in [2.05, 4.69) is 18.1 Å². The highest BCUT2D eigenvalue weighted by molar-refractivity contribution is 5.83. The van der Waals surface area contributed by atoms with Crippen molar-refractivity contribution in [3.63, 3.8) is 0 Å². The Morgan fingerprint density at radius 1 is 1.18 bits per heavy atom. The molecule has 1 aromatic heterocycles. The Balaban J connectivity index is 0.000000917. The van der Waals surface area contributed by atoms with Crippen molar-refractivity contribution in [2.45, 2.75) is 13.8 Å². The summed E-state index contributed by atoms with van der Waals surface area (Å²) in [6, 6.07) is 7.40. The van der Waals surface area contributed by atoms with E-state index in [0.29, 0.717) is 16.6 Å². The van der Waals surface area contributed by atoms with Gasteiger partial charge in [-0.25, -0.2) is 0 Å². The summed E-state index contributed by atoms with van der Waals surface area (Å²) in [5, 5.41) is 0.679. The molecule has 0 radical (unpaired) electrons. The molecule has 0 aliphatic rings. The van der Waals surface area contributed by atoms with E-state index in [9.17, 15) is 4.79 Å². The van der Waals surface area contributed by atoms with Crippen LogP contribution in [0.1, 0.15) is 26.5 Å². The van der Waals surface area contributed by atoms with Gasteiger partial charge in [0.1, 0.15) is 0 Å². The summed E-state index contributed by atoms with van der Waals surface area (Å²) in [4.78, 5) is 15.1. The molecular weight excluding hydrogens is 210 g/mol. The number of benzene rings is 1. The van der Waals surface area contributed by atoms with E-state index in [0.717, 1.165) is 5.52 Å². The minimum atomic E-state index is -0.00532. The van der Waals surface area contributed by atoms with Crippen molar-refractivity contribution in [2.24, 2.45) is 0 Å². The van der Waals surface area contributed by atoms with Gasteiger partial charge in [-0.05, 0) is 18.2 Å². The van der Waals surface area contributed by atoms with E-state index in [1.54, 1.807) is 18.2 Å². The Morgan fingerprint density at radius 3 is 2.41 bits per heavy atom. The largest absolute Gasteiger partial charge is 0.354 e. The molecule has 0 amide bonds. The number of hydrogen-bond acceptors (Lipinski definition) is 1. The minimum Gasteiger partial charge on any atom is -0.354 e. The molecule has 0 aliphatic carbocycles. The number of nitrogens with one attached hydrogen (secondary N) is 1. The van der Waals surface area contributed by atoms with Crippen LogP contribution in [-0.4, -0.2) is 4.98 Å². The van der Waals surface area contributed by atoms with Crippen molar-refractivity contribution >= 4 is 23.1 Å². The molecule has 1 aromatic carbocycles. The van der Waals surface area contributed by atoms with Crippen LogP contribution in [0.25, 0.3) is 23.1 Å². The lowest BCUT2D eigenvalue weighted by Gasteiger charge is -2.04. The fraction of sp³-hybridized carbons (Fsp3) is 0.133. The van der Waals surface area contributed by atoms with Gasteiger partial charge < -0.3 is 4.98 Å². The summed E-state index contributed by atoms with van der Waals surface area (Å²) < 4.78 is 0. The van der Waals surface area contributed by atoms with Crippen LogP contribution in [0.2, 0.25) is 0 Å². The standard InChI is InChI=1S/C13H11NO.C2H6.H2/c1-3-9-11(4-2)14-12-8-6-5-7-10(12)13(9)15;1-2;/h3-8H,1-2H2,(H,14,15);1-2H3;1H. The first-order valence-electron chi connectivity index (χ1n) is 5.68. The molecule has 90 valence electrons.